The van der Waals surface area contributed by atoms with Gasteiger partial charge in [-0.05, 0) is 80.5 Å². The van der Waals surface area contributed by atoms with Crippen molar-refractivity contribution in [3.05, 3.63) is 20.2 Å². The summed E-state index contributed by atoms with van der Waals surface area (Å²) in [5, 5.41) is 56.8. The molecule has 264 valence electrons. The van der Waals surface area contributed by atoms with Crippen molar-refractivity contribution in [1.29, 1.82) is 0 Å². The molecule has 0 aromatic rings. The first kappa shape index (κ1) is 33.3. The molecule has 9 aliphatic rings. The van der Waals surface area contributed by atoms with E-state index in [1.807, 2.05) is 0 Å². The van der Waals surface area contributed by atoms with Crippen LogP contribution in [0.2, 0.25) is 0 Å². The van der Waals surface area contributed by atoms with E-state index in [-0.39, 0.29) is 91.3 Å². The molecule has 4 aliphatic carbocycles. The number of hydrogen-bond donors (Lipinski definition) is 8. The maximum absolute atomic E-state index is 12.6. The van der Waals surface area contributed by atoms with Crippen LogP contribution < -0.4 is 42.5 Å². The zero-order chi connectivity index (χ0) is 31.1. The Morgan fingerprint density at radius 2 is 0.681 bits per heavy atom. The fraction of sp³-hybridized carbons (Fsp3) is 1.00. The van der Waals surface area contributed by atoms with Gasteiger partial charge >= 0.3 is 0 Å². The third-order valence-electron chi connectivity index (χ3n) is 14.5. The maximum Gasteiger partial charge on any atom is 0.284 e. The van der Waals surface area contributed by atoms with Crippen molar-refractivity contribution in [1.82, 2.24) is 42.5 Å². The van der Waals surface area contributed by atoms with E-state index in [0.717, 1.165) is 6.42 Å². The summed E-state index contributed by atoms with van der Waals surface area (Å²) in [6, 6.07) is -2.38. The van der Waals surface area contributed by atoms with Gasteiger partial charge in [-0.3, -0.25) is 62.8 Å². The fourth-order valence-electron chi connectivity index (χ4n) is 12.5. The summed E-state index contributed by atoms with van der Waals surface area (Å²) >= 11 is 0. The monoisotopic (exact) mass is 834 g/mol. The Kier molecular flexibility index (Phi) is 9.45. The molecule has 0 radical (unpaired) electrons. The van der Waals surface area contributed by atoms with E-state index in [2.05, 4.69) is 42.5 Å². The number of hydrogen-bond acceptors (Lipinski definition) is 12. The Morgan fingerprint density at radius 1 is 0.383 bits per heavy atom. The summed E-state index contributed by atoms with van der Waals surface area (Å²) in [5.74, 6) is 2.58. The predicted octanol–water partition coefficient (Wildman–Crippen LogP) is 1.11. The first-order valence-electron chi connectivity index (χ1n) is 18.8. The maximum atomic E-state index is 12.6. The minimum atomic E-state index is -1.22. The van der Waals surface area contributed by atoms with Crippen LogP contribution in [0.5, 0.6) is 0 Å². The van der Waals surface area contributed by atoms with Gasteiger partial charge in [0.15, 0.2) is 0 Å². The quantitative estimate of drug-likeness (QED) is 0.147. The molecule has 18 atom stereocenters. The zero-order valence-corrected chi connectivity index (χ0v) is 29.7. The van der Waals surface area contributed by atoms with E-state index < -0.39 is 18.0 Å². The van der Waals surface area contributed by atoms with Crippen LogP contribution in [-0.4, -0.2) is 71.3 Å². The molecule has 18 unspecified atom stereocenters. The van der Waals surface area contributed by atoms with Crippen LogP contribution in [0.15, 0.2) is 0 Å². The number of nitro groups is 2. The van der Waals surface area contributed by atoms with Crippen molar-refractivity contribution in [2.45, 2.75) is 151 Å². The molecule has 0 amide bonds. The van der Waals surface area contributed by atoms with Gasteiger partial charge in [0.2, 0.25) is 0 Å². The molecule has 8 N–H and O–H groups in total. The van der Waals surface area contributed by atoms with Crippen molar-refractivity contribution < 1.29 is 29.6 Å². The van der Waals surface area contributed by atoms with Crippen molar-refractivity contribution >= 4 is 0 Å². The first-order valence-corrected chi connectivity index (χ1v) is 18.8. The molecule has 8 bridgehead atoms. The minimum Gasteiger partial charge on any atom is -0.286 e. The third-order valence-corrected chi connectivity index (χ3v) is 14.5. The van der Waals surface area contributed by atoms with Gasteiger partial charge in [0.25, 0.3) is 12.1 Å². The van der Waals surface area contributed by atoms with Crippen LogP contribution in [-0.2, 0) is 19.8 Å². The number of nitrogens with one attached hydrogen (secondary N) is 8. The third kappa shape index (κ3) is 5.72. The van der Waals surface area contributed by atoms with Gasteiger partial charge in [-0.25, -0.2) is 0 Å². The largest absolute Gasteiger partial charge is 0.286 e. The molecule has 5 saturated heterocycles. The van der Waals surface area contributed by atoms with Crippen LogP contribution in [0.25, 0.3) is 0 Å². The van der Waals surface area contributed by atoms with Gasteiger partial charge in [-0.2, -0.15) is 0 Å². The molecule has 5 heterocycles. The number of rotatable bonds is 2. The number of nitrogens with zero attached hydrogens (tertiary/aromatic N) is 2. The molecule has 0 spiro atoms. The van der Waals surface area contributed by atoms with Crippen LogP contribution in [0.3, 0.4) is 0 Å². The summed E-state index contributed by atoms with van der Waals surface area (Å²) in [4.78, 5) is 24.1. The summed E-state index contributed by atoms with van der Waals surface area (Å²) in [5.41, 5.74) is 0. The molecular formula is C32H54N10O4Os. The van der Waals surface area contributed by atoms with E-state index in [1.54, 1.807) is 0 Å². The molecule has 4 saturated carbocycles. The summed E-state index contributed by atoms with van der Waals surface area (Å²) < 4.78 is 0. The summed E-state index contributed by atoms with van der Waals surface area (Å²) in [6.07, 6.45) is 15.9. The average molecular weight is 833 g/mol. The Hall–Kier alpha value is -0.884. The van der Waals surface area contributed by atoms with E-state index in [9.17, 15) is 20.2 Å². The predicted molar refractivity (Wildman–Crippen MR) is 170 cm³/mol. The Bertz CT molecular complexity index is 1190. The SMILES string of the molecule is O=[N+]([O-])C1CCC2C3NC4NC(NC5NC(NC6NC(NC(N3)C2C1[N+](=O)[O-])C1CCCCC61)C1CCCCC51)C1CCCCC41.[Os]. The first-order chi connectivity index (χ1) is 22.4. The average Bonchev–Trinajstić information content (AvgIpc) is 3.80. The second-order valence-electron chi connectivity index (χ2n) is 16.4. The summed E-state index contributed by atoms with van der Waals surface area (Å²) in [6.45, 7) is 0. The zero-order valence-electron chi connectivity index (χ0n) is 27.2. The van der Waals surface area contributed by atoms with E-state index in [4.69, 9.17) is 0 Å². The fourth-order valence-corrected chi connectivity index (χ4v) is 12.5. The van der Waals surface area contributed by atoms with E-state index in [0.29, 0.717) is 41.9 Å². The Labute approximate surface area is 290 Å². The van der Waals surface area contributed by atoms with Gasteiger partial charge in [-0.15, -0.1) is 0 Å². The van der Waals surface area contributed by atoms with E-state index >= 15 is 0 Å². The Balaban J connectivity index is 0.00000324. The molecule has 0 aromatic carbocycles. The van der Waals surface area contributed by atoms with Crippen LogP contribution in [0.4, 0.5) is 0 Å². The van der Waals surface area contributed by atoms with Crippen LogP contribution >= 0.6 is 0 Å². The molecule has 9 rings (SSSR count). The van der Waals surface area contributed by atoms with Crippen molar-refractivity contribution in [3.8, 4) is 0 Å². The topological polar surface area (TPSA) is 183 Å². The molecule has 14 nitrogen and oxygen atoms in total. The standard InChI is InChI=1S/C32H54N10O4.Os/c43-41(44)22-14-13-21-23(24(22)42(45)46)32-39-30-20-12-6-5-11-19(20)28(37-30)35-26-16-8-2-1-7-15(16)25(33-26)34-27-17-9-3-4-10-18(17)29(36-27)38-31(21)40-32;/h15-40H,1-14H2;. The summed E-state index contributed by atoms with van der Waals surface area (Å²) in [7, 11) is 0. The van der Waals surface area contributed by atoms with E-state index in [1.165, 1.54) is 70.6 Å². The van der Waals surface area contributed by atoms with Crippen molar-refractivity contribution in [2.75, 3.05) is 0 Å². The van der Waals surface area contributed by atoms with Gasteiger partial charge in [0.1, 0.15) is 0 Å². The number of fused-ring (bicyclic) bond motifs is 20. The second kappa shape index (κ2) is 13.3. The molecule has 15 heteroatoms. The van der Waals surface area contributed by atoms with Crippen molar-refractivity contribution in [2.24, 2.45) is 47.3 Å². The molecule has 5 aliphatic heterocycles. The molecule has 0 aromatic heterocycles. The smallest absolute Gasteiger partial charge is 0.284 e. The second-order valence-corrected chi connectivity index (χ2v) is 16.4. The van der Waals surface area contributed by atoms with Gasteiger partial charge < -0.3 is 0 Å². The van der Waals surface area contributed by atoms with Crippen LogP contribution in [0.1, 0.15) is 89.9 Å². The molecular weight excluding hydrogens is 779 g/mol. The van der Waals surface area contributed by atoms with Gasteiger partial charge in [0.05, 0.1) is 55.2 Å². The van der Waals surface area contributed by atoms with Crippen LogP contribution in [0, 0.1) is 67.6 Å². The Morgan fingerprint density at radius 3 is 0.979 bits per heavy atom. The van der Waals surface area contributed by atoms with Gasteiger partial charge in [-0.1, -0.05) is 38.5 Å². The van der Waals surface area contributed by atoms with Gasteiger partial charge in [0, 0.05) is 42.0 Å². The minimum absolute atomic E-state index is 0. The van der Waals surface area contributed by atoms with Crippen molar-refractivity contribution in [3.63, 3.8) is 0 Å². The molecule has 9 fully saturated rings. The molecule has 47 heavy (non-hydrogen) atoms. The normalized spacial score (nSPS) is 53.5.